The average Bonchev–Trinajstić information content (AvgIpc) is 2.49. The van der Waals surface area contributed by atoms with Crippen molar-refractivity contribution < 1.29 is 5.11 Å². The maximum absolute atomic E-state index is 8.93. The molecule has 0 aromatic heterocycles. The van der Waals surface area contributed by atoms with Gasteiger partial charge in [-0.1, -0.05) is 24.0 Å². The summed E-state index contributed by atoms with van der Waals surface area (Å²) in [5, 5.41) is 8.93. The van der Waals surface area contributed by atoms with Crippen LogP contribution in [0.4, 0.5) is 0 Å². The Bertz CT molecular complexity index is 453. The van der Waals surface area contributed by atoms with E-state index >= 15 is 0 Å². The molecule has 2 rings (SSSR count). The van der Waals surface area contributed by atoms with Crippen molar-refractivity contribution in [1.82, 2.24) is 9.80 Å². The van der Waals surface area contributed by atoms with Gasteiger partial charge < -0.3 is 10.8 Å². The van der Waals surface area contributed by atoms with Gasteiger partial charge in [0.1, 0.15) is 0 Å². The van der Waals surface area contributed by atoms with Gasteiger partial charge in [-0.05, 0) is 17.7 Å². The summed E-state index contributed by atoms with van der Waals surface area (Å²) < 4.78 is 0. The van der Waals surface area contributed by atoms with Gasteiger partial charge in [0.05, 0.1) is 13.2 Å². The maximum Gasteiger partial charge on any atom is 0.0558 e. The largest absolute Gasteiger partial charge is 0.395 e. The Hall–Kier alpha value is -1.38. The summed E-state index contributed by atoms with van der Waals surface area (Å²) in [6.45, 7) is 6.65. The quantitative estimate of drug-likeness (QED) is 0.765. The molecule has 4 heteroatoms. The maximum atomic E-state index is 8.93. The highest BCUT2D eigenvalue weighted by Crippen LogP contribution is 2.09. The van der Waals surface area contributed by atoms with Crippen LogP contribution in [0, 0.1) is 11.8 Å². The van der Waals surface area contributed by atoms with Crippen LogP contribution in [-0.4, -0.2) is 60.8 Å². The van der Waals surface area contributed by atoms with E-state index in [9.17, 15) is 0 Å². The van der Waals surface area contributed by atoms with E-state index in [0.717, 1.165) is 44.8 Å². The van der Waals surface area contributed by atoms with Crippen LogP contribution >= 0.6 is 0 Å². The first kappa shape index (κ1) is 15.0. The molecule has 1 heterocycles. The van der Waals surface area contributed by atoms with E-state index in [4.69, 9.17) is 10.8 Å². The summed E-state index contributed by atoms with van der Waals surface area (Å²) in [7, 11) is 0. The van der Waals surface area contributed by atoms with Crippen LogP contribution in [0.1, 0.15) is 11.1 Å². The second-order valence-corrected chi connectivity index (χ2v) is 5.04. The molecule has 0 saturated carbocycles. The molecule has 1 aromatic carbocycles. The first-order valence-corrected chi connectivity index (χ1v) is 7.15. The van der Waals surface area contributed by atoms with Crippen molar-refractivity contribution in [3.8, 4) is 11.8 Å². The fourth-order valence-electron chi connectivity index (χ4n) is 2.42. The summed E-state index contributed by atoms with van der Waals surface area (Å²) in [6.07, 6.45) is 0. The van der Waals surface area contributed by atoms with Crippen molar-refractivity contribution in [3.05, 3.63) is 35.4 Å². The average molecular weight is 273 g/mol. The molecule has 108 valence electrons. The fourth-order valence-corrected chi connectivity index (χ4v) is 2.42. The number of hydrogen-bond acceptors (Lipinski definition) is 4. The summed E-state index contributed by atoms with van der Waals surface area (Å²) >= 11 is 0. The van der Waals surface area contributed by atoms with Crippen LogP contribution in [0.3, 0.4) is 0 Å². The van der Waals surface area contributed by atoms with Gasteiger partial charge in [-0.2, -0.15) is 0 Å². The number of nitrogens with two attached hydrogens (primary N) is 1. The van der Waals surface area contributed by atoms with E-state index in [2.05, 4.69) is 45.9 Å². The third kappa shape index (κ3) is 4.62. The molecule has 4 nitrogen and oxygen atoms in total. The topological polar surface area (TPSA) is 52.7 Å². The standard InChI is InChI=1S/C16H23N3O/c17-7-1-2-15-3-5-16(6-4-15)14-19-10-8-18(9-11-19)12-13-20/h3-6,20H,7-14,17H2. The minimum absolute atomic E-state index is 0.255. The zero-order valence-electron chi connectivity index (χ0n) is 11.9. The van der Waals surface area contributed by atoms with Crippen molar-refractivity contribution in [3.63, 3.8) is 0 Å². The number of aliphatic hydroxyl groups is 1. The van der Waals surface area contributed by atoms with Crippen LogP contribution in [0.25, 0.3) is 0 Å². The molecular formula is C16H23N3O. The molecule has 0 spiro atoms. The summed E-state index contributed by atoms with van der Waals surface area (Å²) in [5.74, 6) is 5.90. The summed E-state index contributed by atoms with van der Waals surface area (Å²) in [5.41, 5.74) is 7.70. The van der Waals surface area contributed by atoms with Gasteiger partial charge in [0.2, 0.25) is 0 Å². The smallest absolute Gasteiger partial charge is 0.0558 e. The normalized spacial score (nSPS) is 16.7. The molecule has 1 aliphatic heterocycles. The van der Waals surface area contributed by atoms with Crippen LogP contribution in [0.5, 0.6) is 0 Å². The lowest BCUT2D eigenvalue weighted by atomic mass is 10.1. The van der Waals surface area contributed by atoms with E-state index in [1.807, 2.05) is 0 Å². The second kappa shape index (κ2) is 8.03. The molecule has 0 unspecified atom stereocenters. The highest BCUT2D eigenvalue weighted by atomic mass is 16.3. The molecule has 1 aliphatic rings. The minimum atomic E-state index is 0.255. The van der Waals surface area contributed by atoms with Gasteiger partial charge in [0.15, 0.2) is 0 Å². The zero-order chi connectivity index (χ0) is 14.2. The molecule has 0 amide bonds. The molecule has 3 N–H and O–H groups in total. The lowest BCUT2D eigenvalue weighted by molar-refractivity contribution is 0.108. The monoisotopic (exact) mass is 273 g/mol. The van der Waals surface area contributed by atoms with E-state index in [1.165, 1.54) is 5.56 Å². The lowest BCUT2D eigenvalue weighted by Crippen LogP contribution is -2.46. The molecule has 20 heavy (non-hydrogen) atoms. The number of hydrogen-bond donors (Lipinski definition) is 2. The Morgan fingerprint density at radius 2 is 1.70 bits per heavy atom. The highest BCUT2D eigenvalue weighted by Gasteiger charge is 2.16. The Morgan fingerprint density at radius 3 is 2.30 bits per heavy atom. The fraction of sp³-hybridized carbons (Fsp3) is 0.500. The minimum Gasteiger partial charge on any atom is -0.395 e. The Kier molecular flexibility index (Phi) is 6.03. The van der Waals surface area contributed by atoms with Crippen molar-refractivity contribution >= 4 is 0 Å². The molecule has 1 aromatic rings. The second-order valence-electron chi connectivity index (χ2n) is 5.04. The summed E-state index contributed by atoms with van der Waals surface area (Å²) in [4.78, 5) is 4.76. The van der Waals surface area contributed by atoms with Crippen molar-refractivity contribution in [1.29, 1.82) is 0 Å². The number of rotatable bonds is 4. The van der Waals surface area contributed by atoms with Gasteiger partial charge in [0, 0.05) is 44.8 Å². The lowest BCUT2D eigenvalue weighted by Gasteiger charge is -2.34. The number of benzene rings is 1. The van der Waals surface area contributed by atoms with E-state index in [-0.39, 0.29) is 6.61 Å². The molecule has 0 radical (unpaired) electrons. The predicted octanol–water partition coefficient (Wildman–Crippen LogP) is 0.107. The van der Waals surface area contributed by atoms with Gasteiger partial charge in [-0.3, -0.25) is 9.80 Å². The molecule has 0 aliphatic carbocycles. The molecule has 1 saturated heterocycles. The Morgan fingerprint density at radius 1 is 1.05 bits per heavy atom. The number of β-amino-alcohol motifs (C(OH)–C–C–N with tert-alkyl or cyclic N) is 1. The van der Waals surface area contributed by atoms with Crippen LogP contribution in [0.2, 0.25) is 0 Å². The molecule has 1 fully saturated rings. The van der Waals surface area contributed by atoms with E-state index in [1.54, 1.807) is 0 Å². The molecule has 0 atom stereocenters. The summed E-state index contributed by atoms with van der Waals surface area (Å²) in [6, 6.07) is 8.39. The number of aliphatic hydroxyl groups excluding tert-OH is 1. The van der Waals surface area contributed by atoms with Crippen molar-refractivity contribution in [2.24, 2.45) is 5.73 Å². The predicted molar refractivity (Wildman–Crippen MR) is 81.2 cm³/mol. The van der Waals surface area contributed by atoms with Gasteiger partial charge in [-0.15, -0.1) is 0 Å². The highest BCUT2D eigenvalue weighted by molar-refractivity contribution is 5.36. The van der Waals surface area contributed by atoms with Crippen molar-refractivity contribution in [2.45, 2.75) is 6.54 Å². The first-order chi connectivity index (χ1) is 9.81. The number of piperazine rings is 1. The Labute approximate surface area is 121 Å². The van der Waals surface area contributed by atoms with Crippen LogP contribution in [0.15, 0.2) is 24.3 Å². The third-order valence-corrected chi connectivity index (χ3v) is 3.58. The van der Waals surface area contributed by atoms with Gasteiger partial charge >= 0.3 is 0 Å². The van der Waals surface area contributed by atoms with Gasteiger partial charge in [-0.25, -0.2) is 0 Å². The molecule has 0 bridgehead atoms. The zero-order valence-corrected chi connectivity index (χ0v) is 11.9. The van der Waals surface area contributed by atoms with E-state index in [0.29, 0.717) is 6.54 Å². The first-order valence-electron chi connectivity index (χ1n) is 7.15. The van der Waals surface area contributed by atoms with Gasteiger partial charge in [0.25, 0.3) is 0 Å². The third-order valence-electron chi connectivity index (χ3n) is 3.58. The van der Waals surface area contributed by atoms with E-state index < -0.39 is 0 Å². The van der Waals surface area contributed by atoms with Crippen molar-refractivity contribution in [2.75, 3.05) is 45.9 Å². The Balaban J connectivity index is 1.82. The van der Waals surface area contributed by atoms with Crippen LogP contribution in [-0.2, 0) is 6.54 Å². The SMILES string of the molecule is NCC#Cc1ccc(CN2CCN(CCO)CC2)cc1. The van der Waals surface area contributed by atoms with Crippen LogP contribution < -0.4 is 5.73 Å². The number of nitrogens with zero attached hydrogens (tertiary/aromatic N) is 2. The molecular weight excluding hydrogens is 250 g/mol.